The number of phenolic OH excluding ortho intramolecular Hbond substituents is 2. The van der Waals surface area contributed by atoms with Gasteiger partial charge < -0.3 is 14.9 Å². The summed E-state index contributed by atoms with van der Waals surface area (Å²) in [4.78, 5) is 23.6. The van der Waals surface area contributed by atoms with Gasteiger partial charge in [0, 0.05) is 12.5 Å². The molecule has 0 heterocycles. The van der Waals surface area contributed by atoms with Crippen molar-refractivity contribution < 1.29 is 24.5 Å². The number of ether oxygens (including phenoxy) is 1. The Labute approximate surface area is 139 Å². The van der Waals surface area contributed by atoms with Crippen LogP contribution < -0.4 is 0 Å². The Morgan fingerprint density at radius 2 is 1.79 bits per heavy atom. The molecule has 0 bridgehead atoms. The number of ketones is 1. The number of hydrogen-bond donors (Lipinski definition) is 2. The van der Waals surface area contributed by atoms with Crippen molar-refractivity contribution in [1.82, 2.24) is 0 Å². The van der Waals surface area contributed by atoms with Gasteiger partial charge in [0.1, 0.15) is 0 Å². The molecular weight excluding hydrogens is 308 g/mol. The molecule has 0 saturated carbocycles. The maximum atomic E-state index is 11.9. The lowest BCUT2D eigenvalue weighted by molar-refractivity contribution is -0.149. The molecule has 0 saturated heterocycles. The molecule has 0 aliphatic rings. The van der Waals surface area contributed by atoms with Crippen molar-refractivity contribution in [3.8, 4) is 11.5 Å². The van der Waals surface area contributed by atoms with Crippen LogP contribution in [-0.2, 0) is 20.7 Å². The lowest BCUT2D eigenvalue weighted by Gasteiger charge is -2.14. The van der Waals surface area contributed by atoms with Gasteiger partial charge in [0.2, 0.25) is 0 Å². The predicted molar refractivity (Wildman–Crippen MR) is 89.5 cm³/mol. The number of hydrogen-bond acceptors (Lipinski definition) is 5. The van der Waals surface area contributed by atoms with Gasteiger partial charge in [-0.05, 0) is 36.3 Å². The highest BCUT2D eigenvalue weighted by atomic mass is 16.5. The monoisotopic (exact) mass is 326 g/mol. The maximum absolute atomic E-state index is 11.9. The highest BCUT2D eigenvalue weighted by Crippen LogP contribution is 2.25. The minimum absolute atomic E-state index is 0.233. The molecule has 1 atom stereocenters. The lowest BCUT2D eigenvalue weighted by Crippen LogP contribution is -2.26. The van der Waals surface area contributed by atoms with Gasteiger partial charge in [0.15, 0.2) is 23.4 Å². The van der Waals surface area contributed by atoms with E-state index in [9.17, 15) is 19.8 Å². The van der Waals surface area contributed by atoms with Gasteiger partial charge in [0.25, 0.3) is 0 Å². The van der Waals surface area contributed by atoms with E-state index in [0.29, 0.717) is 12.0 Å². The number of esters is 1. The van der Waals surface area contributed by atoms with E-state index in [-0.39, 0.29) is 17.3 Å². The summed E-state index contributed by atoms with van der Waals surface area (Å²) in [6, 6.07) is 13.5. The van der Waals surface area contributed by atoms with E-state index in [1.807, 2.05) is 30.3 Å². The zero-order valence-corrected chi connectivity index (χ0v) is 13.2. The molecule has 0 aliphatic heterocycles. The summed E-state index contributed by atoms with van der Waals surface area (Å²) in [6.07, 6.45) is 2.07. The third-order valence-electron chi connectivity index (χ3n) is 3.39. The third kappa shape index (κ3) is 4.98. The zero-order valence-electron chi connectivity index (χ0n) is 13.2. The van der Waals surface area contributed by atoms with Crippen LogP contribution in [0.1, 0.15) is 18.1 Å². The van der Waals surface area contributed by atoms with Gasteiger partial charge in [-0.25, -0.2) is 4.79 Å². The Kier molecular flexibility index (Phi) is 5.73. The maximum Gasteiger partial charge on any atom is 0.331 e. The van der Waals surface area contributed by atoms with Crippen LogP contribution in [0.2, 0.25) is 0 Å². The second-order valence-corrected chi connectivity index (χ2v) is 5.31. The Bertz CT molecular complexity index is 750. The molecule has 2 N–H and O–H groups in total. The molecule has 124 valence electrons. The first-order valence-corrected chi connectivity index (χ1v) is 7.41. The summed E-state index contributed by atoms with van der Waals surface area (Å²) in [6.45, 7) is 1.38. The van der Waals surface area contributed by atoms with E-state index >= 15 is 0 Å². The van der Waals surface area contributed by atoms with Gasteiger partial charge >= 0.3 is 5.97 Å². The second kappa shape index (κ2) is 7.97. The first-order chi connectivity index (χ1) is 11.5. The van der Waals surface area contributed by atoms with E-state index in [0.717, 1.165) is 5.56 Å². The van der Waals surface area contributed by atoms with Crippen LogP contribution in [0, 0.1) is 0 Å². The van der Waals surface area contributed by atoms with Gasteiger partial charge in [-0.2, -0.15) is 0 Å². The molecule has 2 aromatic rings. The van der Waals surface area contributed by atoms with Crippen molar-refractivity contribution in [3.63, 3.8) is 0 Å². The normalized spacial score (nSPS) is 12.0. The Hall–Kier alpha value is -3.08. The van der Waals surface area contributed by atoms with Crippen LogP contribution >= 0.6 is 0 Å². The first kappa shape index (κ1) is 17.3. The van der Waals surface area contributed by atoms with Crippen molar-refractivity contribution >= 4 is 17.8 Å². The van der Waals surface area contributed by atoms with Crippen LogP contribution in [-0.4, -0.2) is 28.1 Å². The van der Waals surface area contributed by atoms with Gasteiger partial charge in [-0.1, -0.05) is 36.4 Å². The topological polar surface area (TPSA) is 83.8 Å². The zero-order chi connectivity index (χ0) is 17.5. The van der Waals surface area contributed by atoms with Gasteiger partial charge in [-0.3, -0.25) is 4.79 Å². The van der Waals surface area contributed by atoms with Crippen LogP contribution in [0.3, 0.4) is 0 Å². The van der Waals surface area contributed by atoms with Gasteiger partial charge in [0.05, 0.1) is 0 Å². The average molecular weight is 326 g/mol. The summed E-state index contributed by atoms with van der Waals surface area (Å²) < 4.78 is 5.20. The molecule has 0 radical (unpaired) electrons. The first-order valence-electron chi connectivity index (χ1n) is 7.41. The molecule has 2 aromatic carbocycles. The molecule has 0 amide bonds. The quantitative estimate of drug-likeness (QED) is 0.484. The minimum Gasteiger partial charge on any atom is -0.504 e. The van der Waals surface area contributed by atoms with E-state index in [2.05, 4.69) is 0 Å². The van der Waals surface area contributed by atoms with Crippen LogP contribution in [0.4, 0.5) is 0 Å². The van der Waals surface area contributed by atoms with Crippen LogP contribution in [0.15, 0.2) is 54.6 Å². The van der Waals surface area contributed by atoms with Crippen LogP contribution in [0.25, 0.3) is 6.08 Å². The Morgan fingerprint density at radius 1 is 1.08 bits per heavy atom. The van der Waals surface area contributed by atoms with Crippen molar-refractivity contribution in [3.05, 3.63) is 65.7 Å². The number of aromatic hydroxyl groups is 2. The number of carbonyl (C=O) groups excluding carboxylic acids is 2. The highest BCUT2D eigenvalue weighted by molar-refractivity contribution is 5.90. The number of carbonyl (C=O) groups is 2. The fraction of sp³-hybridized carbons (Fsp3) is 0.158. The fourth-order valence-electron chi connectivity index (χ4n) is 2.08. The van der Waals surface area contributed by atoms with Crippen molar-refractivity contribution in [2.75, 3.05) is 0 Å². The number of benzene rings is 2. The molecule has 0 fully saturated rings. The van der Waals surface area contributed by atoms with E-state index in [4.69, 9.17) is 4.74 Å². The van der Waals surface area contributed by atoms with Gasteiger partial charge in [-0.15, -0.1) is 0 Å². The molecule has 0 aliphatic carbocycles. The van der Waals surface area contributed by atoms with E-state index in [1.165, 1.54) is 37.3 Å². The molecule has 0 spiro atoms. The molecule has 2 rings (SSSR count). The Balaban J connectivity index is 2.01. The minimum atomic E-state index is -0.849. The van der Waals surface area contributed by atoms with Crippen molar-refractivity contribution in [2.24, 2.45) is 0 Å². The number of Topliss-reactive ketones (excluding diaryl/α,β-unsaturated/α-hetero) is 1. The standard InChI is InChI=1S/C19H18O5/c1-13(20)18(12-14-5-3-2-4-6-14)24-19(23)10-8-15-7-9-16(21)17(22)11-15/h2-11,18,21-22H,12H2,1H3/b10-8+/t18-/m1/s1. The molecule has 0 unspecified atom stereocenters. The lowest BCUT2D eigenvalue weighted by atomic mass is 10.1. The summed E-state index contributed by atoms with van der Waals surface area (Å²) in [5.41, 5.74) is 1.42. The average Bonchev–Trinajstić information content (AvgIpc) is 2.56. The molecule has 5 heteroatoms. The largest absolute Gasteiger partial charge is 0.504 e. The summed E-state index contributed by atoms with van der Waals surface area (Å²) in [7, 11) is 0. The Morgan fingerprint density at radius 3 is 2.42 bits per heavy atom. The van der Waals surface area contributed by atoms with E-state index in [1.54, 1.807) is 0 Å². The SMILES string of the molecule is CC(=O)[C@@H](Cc1ccccc1)OC(=O)/C=C/c1ccc(O)c(O)c1. The molecule has 0 aromatic heterocycles. The third-order valence-corrected chi connectivity index (χ3v) is 3.39. The van der Waals surface area contributed by atoms with Crippen molar-refractivity contribution in [2.45, 2.75) is 19.4 Å². The van der Waals surface area contributed by atoms with E-state index < -0.39 is 12.1 Å². The molecule has 5 nitrogen and oxygen atoms in total. The number of rotatable bonds is 6. The smallest absolute Gasteiger partial charge is 0.331 e. The summed E-state index contributed by atoms with van der Waals surface area (Å²) >= 11 is 0. The predicted octanol–water partition coefficient (Wildman–Crippen LogP) is 2.85. The molecular formula is C19H18O5. The number of phenols is 2. The highest BCUT2D eigenvalue weighted by Gasteiger charge is 2.18. The van der Waals surface area contributed by atoms with Crippen LogP contribution in [0.5, 0.6) is 11.5 Å². The second-order valence-electron chi connectivity index (χ2n) is 5.31. The summed E-state index contributed by atoms with van der Waals surface area (Å²) in [5, 5.41) is 18.6. The summed E-state index contributed by atoms with van der Waals surface area (Å²) in [5.74, 6) is -1.41. The fourth-order valence-corrected chi connectivity index (χ4v) is 2.08. The molecule has 24 heavy (non-hydrogen) atoms. The van der Waals surface area contributed by atoms with Crippen molar-refractivity contribution in [1.29, 1.82) is 0 Å².